The molecule has 0 bridgehead atoms. The molecule has 4 nitrogen and oxygen atoms in total. The zero-order chi connectivity index (χ0) is 13.9. The molecule has 0 amide bonds. The molecular weight excluding hydrogens is 242 g/mol. The fourth-order valence-electron chi connectivity index (χ4n) is 1.85. The maximum atomic E-state index is 6.15. The Hall–Kier alpha value is -1.26. The van der Waals surface area contributed by atoms with E-state index in [0.29, 0.717) is 19.8 Å². The Balaban J connectivity index is 2.06. The van der Waals surface area contributed by atoms with Gasteiger partial charge in [0.1, 0.15) is 0 Å². The lowest BCUT2D eigenvalue weighted by atomic mass is 10.1. The second-order valence-electron chi connectivity index (χ2n) is 5.79. The first-order chi connectivity index (χ1) is 8.96. The van der Waals surface area contributed by atoms with Crippen molar-refractivity contribution < 1.29 is 14.2 Å². The summed E-state index contributed by atoms with van der Waals surface area (Å²) < 4.78 is 17.0. The van der Waals surface area contributed by atoms with Gasteiger partial charge in [0.05, 0.1) is 31.5 Å². The Morgan fingerprint density at radius 2 is 1.89 bits per heavy atom. The van der Waals surface area contributed by atoms with Gasteiger partial charge >= 0.3 is 0 Å². The Morgan fingerprint density at radius 3 is 2.58 bits per heavy atom. The normalized spacial score (nSPS) is 16.8. The van der Waals surface area contributed by atoms with Gasteiger partial charge in [-0.25, -0.2) is 0 Å². The molecule has 1 aromatic carbocycles. The van der Waals surface area contributed by atoms with Gasteiger partial charge in [-0.05, 0) is 38.5 Å². The van der Waals surface area contributed by atoms with Crippen molar-refractivity contribution in [2.75, 3.05) is 19.8 Å². The molecule has 1 aliphatic rings. The lowest BCUT2D eigenvalue weighted by Gasteiger charge is -2.23. The Kier molecular flexibility index (Phi) is 4.32. The summed E-state index contributed by atoms with van der Waals surface area (Å²) in [5.41, 5.74) is 6.98. The summed E-state index contributed by atoms with van der Waals surface area (Å²) in [6.45, 7) is 7.94. The molecule has 1 unspecified atom stereocenters. The van der Waals surface area contributed by atoms with E-state index < -0.39 is 0 Å². The van der Waals surface area contributed by atoms with Crippen LogP contribution in [0, 0.1) is 0 Å². The van der Waals surface area contributed by atoms with Crippen molar-refractivity contribution in [2.24, 2.45) is 5.73 Å². The van der Waals surface area contributed by atoms with Gasteiger partial charge in [-0.15, -0.1) is 0 Å². The van der Waals surface area contributed by atoms with E-state index in [1.54, 1.807) is 0 Å². The molecule has 1 heterocycles. The van der Waals surface area contributed by atoms with Crippen molar-refractivity contribution in [3.63, 3.8) is 0 Å². The summed E-state index contributed by atoms with van der Waals surface area (Å²) in [6, 6.07) is 5.70. The van der Waals surface area contributed by atoms with Crippen LogP contribution in [0.4, 0.5) is 0 Å². The monoisotopic (exact) mass is 265 g/mol. The van der Waals surface area contributed by atoms with Crippen molar-refractivity contribution in [1.29, 1.82) is 0 Å². The summed E-state index contributed by atoms with van der Waals surface area (Å²) in [5, 5.41) is 0. The molecule has 0 saturated carbocycles. The van der Waals surface area contributed by atoms with Gasteiger partial charge in [0.15, 0.2) is 11.5 Å². The Bertz CT molecular complexity index is 426. The summed E-state index contributed by atoms with van der Waals surface area (Å²) in [5.74, 6) is 1.58. The first-order valence-corrected chi connectivity index (χ1v) is 6.75. The summed E-state index contributed by atoms with van der Waals surface area (Å²) in [6.07, 6.45) is 0.906. The third-order valence-corrected chi connectivity index (χ3v) is 2.90. The van der Waals surface area contributed by atoms with E-state index in [4.69, 9.17) is 19.9 Å². The lowest BCUT2D eigenvalue weighted by molar-refractivity contribution is -0.0102. The second kappa shape index (κ2) is 5.80. The Morgan fingerprint density at radius 1 is 1.21 bits per heavy atom. The third kappa shape index (κ3) is 4.11. The maximum Gasteiger partial charge on any atom is 0.161 e. The predicted molar refractivity (Wildman–Crippen MR) is 74.7 cm³/mol. The first kappa shape index (κ1) is 14.2. The van der Waals surface area contributed by atoms with Crippen LogP contribution in [0.3, 0.4) is 0 Å². The molecule has 1 aromatic rings. The van der Waals surface area contributed by atoms with E-state index in [9.17, 15) is 0 Å². The lowest BCUT2D eigenvalue weighted by Crippen LogP contribution is -2.26. The van der Waals surface area contributed by atoms with Gasteiger partial charge in [0, 0.05) is 6.42 Å². The van der Waals surface area contributed by atoms with E-state index in [1.807, 2.05) is 39.0 Å². The van der Waals surface area contributed by atoms with E-state index in [2.05, 4.69) is 0 Å². The van der Waals surface area contributed by atoms with Crippen molar-refractivity contribution in [3.8, 4) is 11.5 Å². The fourth-order valence-corrected chi connectivity index (χ4v) is 1.85. The summed E-state index contributed by atoms with van der Waals surface area (Å²) in [4.78, 5) is 0. The summed E-state index contributed by atoms with van der Waals surface area (Å²) in [7, 11) is 0. The van der Waals surface area contributed by atoms with Crippen LogP contribution in [0.1, 0.15) is 38.8 Å². The average molecular weight is 265 g/mol. The number of ether oxygens (including phenoxy) is 3. The molecule has 2 rings (SSSR count). The maximum absolute atomic E-state index is 6.15. The molecular formula is C15H23NO3. The largest absolute Gasteiger partial charge is 0.490 e. The molecule has 0 fully saturated rings. The number of hydrogen-bond acceptors (Lipinski definition) is 4. The van der Waals surface area contributed by atoms with Gasteiger partial charge in [-0.2, -0.15) is 0 Å². The predicted octanol–water partition coefficient (Wildman–Crippen LogP) is 2.66. The fraction of sp³-hybridized carbons (Fsp3) is 0.600. The van der Waals surface area contributed by atoms with Crippen LogP contribution in [0.25, 0.3) is 0 Å². The molecule has 1 aliphatic heterocycles. The average Bonchev–Trinajstić information content (AvgIpc) is 2.59. The van der Waals surface area contributed by atoms with Gasteiger partial charge in [0.25, 0.3) is 0 Å². The molecule has 0 radical (unpaired) electrons. The van der Waals surface area contributed by atoms with Crippen LogP contribution in [-0.4, -0.2) is 25.4 Å². The van der Waals surface area contributed by atoms with Gasteiger partial charge in [0.2, 0.25) is 0 Å². The highest BCUT2D eigenvalue weighted by Crippen LogP contribution is 2.32. The molecule has 0 spiro atoms. The highest BCUT2D eigenvalue weighted by atomic mass is 16.5. The minimum Gasteiger partial charge on any atom is -0.490 e. The molecule has 106 valence electrons. The molecule has 19 heavy (non-hydrogen) atoms. The SMILES string of the molecule is CC(C)(C)OCC(N)c1ccc2c(c1)OCCCO2. The molecule has 2 N–H and O–H groups in total. The van der Waals surface area contributed by atoms with Crippen molar-refractivity contribution in [3.05, 3.63) is 23.8 Å². The van der Waals surface area contributed by atoms with Crippen LogP contribution in [0.2, 0.25) is 0 Å². The van der Waals surface area contributed by atoms with Crippen molar-refractivity contribution in [1.82, 2.24) is 0 Å². The number of benzene rings is 1. The van der Waals surface area contributed by atoms with Crippen LogP contribution in [0.15, 0.2) is 18.2 Å². The third-order valence-electron chi connectivity index (χ3n) is 2.90. The van der Waals surface area contributed by atoms with Gasteiger partial charge in [-0.3, -0.25) is 0 Å². The van der Waals surface area contributed by atoms with E-state index >= 15 is 0 Å². The topological polar surface area (TPSA) is 53.7 Å². The Labute approximate surface area is 114 Å². The van der Waals surface area contributed by atoms with Crippen LogP contribution in [-0.2, 0) is 4.74 Å². The number of hydrogen-bond donors (Lipinski definition) is 1. The summed E-state index contributed by atoms with van der Waals surface area (Å²) >= 11 is 0. The van der Waals surface area contributed by atoms with Crippen LogP contribution >= 0.6 is 0 Å². The van der Waals surface area contributed by atoms with E-state index in [1.165, 1.54) is 0 Å². The molecule has 0 aromatic heterocycles. The highest BCUT2D eigenvalue weighted by molar-refractivity contribution is 5.44. The molecule has 0 aliphatic carbocycles. The molecule has 1 atom stereocenters. The second-order valence-corrected chi connectivity index (χ2v) is 5.79. The quantitative estimate of drug-likeness (QED) is 0.913. The van der Waals surface area contributed by atoms with Crippen LogP contribution in [0.5, 0.6) is 11.5 Å². The zero-order valence-corrected chi connectivity index (χ0v) is 11.9. The minimum atomic E-state index is -0.178. The van der Waals surface area contributed by atoms with E-state index in [0.717, 1.165) is 23.5 Å². The number of rotatable bonds is 3. The van der Waals surface area contributed by atoms with Crippen molar-refractivity contribution in [2.45, 2.75) is 38.8 Å². The zero-order valence-electron chi connectivity index (χ0n) is 11.9. The van der Waals surface area contributed by atoms with Crippen molar-refractivity contribution >= 4 is 0 Å². The number of nitrogens with two attached hydrogens (primary N) is 1. The molecule has 4 heteroatoms. The number of fused-ring (bicyclic) bond motifs is 1. The standard InChI is InChI=1S/C15H23NO3/c1-15(2,3)19-10-12(16)11-5-6-13-14(9-11)18-8-4-7-17-13/h5-6,9,12H,4,7-8,10,16H2,1-3H3. The molecule has 0 saturated heterocycles. The van der Waals surface area contributed by atoms with Gasteiger partial charge in [-0.1, -0.05) is 6.07 Å². The minimum absolute atomic E-state index is 0.156. The highest BCUT2D eigenvalue weighted by Gasteiger charge is 2.17. The van der Waals surface area contributed by atoms with Crippen LogP contribution < -0.4 is 15.2 Å². The van der Waals surface area contributed by atoms with E-state index in [-0.39, 0.29) is 11.6 Å². The van der Waals surface area contributed by atoms with Gasteiger partial charge < -0.3 is 19.9 Å². The first-order valence-electron chi connectivity index (χ1n) is 6.75. The smallest absolute Gasteiger partial charge is 0.161 e.